The quantitative estimate of drug-likeness (QED) is 0.564. The number of aryl methyl sites for hydroxylation is 1. The molecule has 2 rings (SSSR count). The van der Waals surface area contributed by atoms with E-state index in [1.165, 1.54) is 11.1 Å². The van der Waals surface area contributed by atoms with E-state index in [-0.39, 0.29) is 0 Å². The molecule has 0 atom stereocenters. The molecule has 0 bridgehead atoms. The lowest BCUT2D eigenvalue weighted by atomic mass is 10.1. The fraction of sp³-hybridized carbons (Fsp3) is 0.500. The van der Waals surface area contributed by atoms with Crippen LogP contribution in [0.25, 0.3) is 0 Å². The van der Waals surface area contributed by atoms with Crippen LogP contribution in [0.4, 0.5) is 0 Å². The number of nitrogens with zero attached hydrogens (tertiary/aromatic N) is 4. The van der Waals surface area contributed by atoms with Crippen molar-refractivity contribution in [3.63, 3.8) is 0 Å². The molecule has 1 aromatic carbocycles. The van der Waals surface area contributed by atoms with Crippen molar-refractivity contribution in [2.75, 3.05) is 13.6 Å². The fourth-order valence-electron chi connectivity index (χ4n) is 2.57. The van der Waals surface area contributed by atoms with E-state index in [0.717, 1.165) is 24.7 Å². The van der Waals surface area contributed by atoms with Gasteiger partial charge in [-0.05, 0) is 45.0 Å². The Morgan fingerprint density at radius 2 is 1.92 bits per heavy atom. The van der Waals surface area contributed by atoms with Crippen LogP contribution in [0.1, 0.15) is 37.6 Å². The van der Waals surface area contributed by atoms with Gasteiger partial charge in [-0.25, -0.2) is 4.99 Å². The van der Waals surface area contributed by atoms with E-state index < -0.39 is 0 Å². The first-order chi connectivity index (χ1) is 12.5. The summed E-state index contributed by atoms with van der Waals surface area (Å²) in [5.74, 6) is 0.820. The zero-order chi connectivity index (χ0) is 18.9. The molecule has 26 heavy (non-hydrogen) atoms. The Balaban J connectivity index is 2.05. The summed E-state index contributed by atoms with van der Waals surface area (Å²) in [6, 6.07) is 11.1. The number of hydrogen-bond donors (Lipinski definition) is 2. The summed E-state index contributed by atoms with van der Waals surface area (Å²) in [4.78, 5) is 7.11. The van der Waals surface area contributed by atoms with E-state index >= 15 is 0 Å². The van der Waals surface area contributed by atoms with Crippen LogP contribution in [-0.2, 0) is 26.7 Å². The van der Waals surface area contributed by atoms with E-state index in [1.54, 1.807) is 0 Å². The lowest BCUT2D eigenvalue weighted by molar-refractivity contribution is 0.265. The van der Waals surface area contributed by atoms with Gasteiger partial charge in [0, 0.05) is 32.4 Å². The summed E-state index contributed by atoms with van der Waals surface area (Å²) in [5.41, 5.74) is 3.71. The van der Waals surface area contributed by atoms with Crippen molar-refractivity contribution in [3.8, 4) is 0 Å². The average molecular weight is 357 g/mol. The van der Waals surface area contributed by atoms with Gasteiger partial charge in [-0.1, -0.05) is 24.3 Å². The third kappa shape index (κ3) is 5.88. The first kappa shape index (κ1) is 20.0. The molecule has 6 heteroatoms. The molecule has 2 aromatic rings. The van der Waals surface area contributed by atoms with Gasteiger partial charge in [0.15, 0.2) is 5.96 Å². The highest BCUT2D eigenvalue weighted by atomic mass is 15.3. The van der Waals surface area contributed by atoms with Crippen molar-refractivity contribution >= 4 is 5.96 Å². The largest absolute Gasteiger partial charge is 0.357 e. The zero-order valence-electron chi connectivity index (χ0n) is 16.7. The number of nitrogens with one attached hydrogen (secondary N) is 2. The van der Waals surface area contributed by atoms with Gasteiger partial charge in [0.05, 0.1) is 18.8 Å². The first-order valence-electron chi connectivity index (χ1n) is 9.27. The van der Waals surface area contributed by atoms with Crippen LogP contribution in [0.5, 0.6) is 0 Å². The maximum atomic E-state index is 4.77. The number of guanidine groups is 1. The summed E-state index contributed by atoms with van der Waals surface area (Å²) in [6.07, 6.45) is 1.81. The molecule has 0 spiro atoms. The number of aliphatic imine (C=N–C) groups is 1. The van der Waals surface area contributed by atoms with E-state index in [9.17, 15) is 0 Å². The van der Waals surface area contributed by atoms with Gasteiger partial charge in [-0.15, -0.1) is 0 Å². The van der Waals surface area contributed by atoms with E-state index in [2.05, 4.69) is 72.7 Å². The summed E-state index contributed by atoms with van der Waals surface area (Å²) in [5, 5.41) is 10.9. The van der Waals surface area contributed by atoms with Gasteiger partial charge in [0.25, 0.3) is 0 Å². The smallest absolute Gasteiger partial charge is 0.191 e. The predicted molar refractivity (Wildman–Crippen MR) is 108 cm³/mol. The molecule has 0 aliphatic heterocycles. The Bertz CT molecular complexity index is 704. The summed E-state index contributed by atoms with van der Waals surface area (Å²) in [7, 11) is 4.10. The van der Waals surface area contributed by atoms with Gasteiger partial charge in [-0.3, -0.25) is 9.58 Å². The second-order valence-corrected chi connectivity index (χ2v) is 6.77. The predicted octanol–water partition coefficient (Wildman–Crippen LogP) is 2.52. The number of benzene rings is 1. The third-order valence-electron chi connectivity index (χ3n) is 4.53. The minimum absolute atomic E-state index is 0.518. The van der Waals surface area contributed by atoms with Gasteiger partial charge in [0.1, 0.15) is 0 Å². The maximum absolute atomic E-state index is 4.77. The fourth-order valence-corrected chi connectivity index (χ4v) is 2.57. The molecular weight excluding hydrogens is 324 g/mol. The van der Waals surface area contributed by atoms with Gasteiger partial charge < -0.3 is 10.6 Å². The van der Waals surface area contributed by atoms with Gasteiger partial charge in [0.2, 0.25) is 0 Å². The highest BCUT2D eigenvalue weighted by molar-refractivity contribution is 5.79. The topological polar surface area (TPSA) is 57.5 Å². The molecule has 1 aromatic heterocycles. The van der Waals surface area contributed by atoms with Crippen LogP contribution >= 0.6 is 0 Å². The lowest BCUT2D eigenvalue weighted by Crippen LogP contribution is -2.37. The number of aromatic nitrogens is 2. The number of hydrogen-bond acceptors (Lipinski definition) is 3. The standard InChI is InChI=1S/C20H32N6/c1-6-21-20(23-14-19-11-12-24-26(19)5)22-13-17-9-7-8-10-18(17)15-25(4)16(2)3/h7-12,16H,6,13-15H2,1-5H3,(H2,21,22,23). The van der Waals surface area contributed by atoms with E-state index in [0.29, 0.717) is 19.1 Å². The summed E-state index contributed by atoms with van der Waals surface area (Å²) in [6.45, 7) is 9.62. The molecule has 0 radical (unpaired) electrons. The molecule has 0 saturated carbocycles. The molecule has 0 aliphatic rings. The van der Waals surface area contributed by atoms with Crippen LogP contribution in [0.3, 0.4) is 0 Å². The highest BCUT2D eigenvalue weighted by Crippen LogP contribution is 2.13. The summed E-state index contributed by atoms with van der Waals surface area (Å²) >= 11 is 0. The maximum Gasteiger partial charge on any atom is 0.191 e. The molecule has 6 nitrogen and oxygen atoms in total. The monoisotopic (exact) mass is 356 g/mol. The Kier molecular flexibility index (Phi) is 7.66. The van der Waals surface area contributed by atoms with Gasteiger partial charge >= 0.3 is 0 Å². The van der Waals surface area contributed by atoms with E-state index in [4.69, 9.17) is 4.99 Å². The SMILES string of the molecule is CCNC(=NCc1ccccc1CN(C)C(C)C)NCc1ccnn1C. The first-order valence-corrected chi connectivity index (χ1v) is 9.27. The van der Waals surface area contributed by atoms with Crippen LogP contribution in [-0.4, -0.2) is 40.3 Å². The minimum Gasteiger partial charge on any atom is -0.357 e. The van der Waals surface area contributed by atoms with Crippen molar-refractivity contribution in [3.05, 3.63) is 53.3 Å². The van der Waals surface area contributed by atoms with E-state index in [1.807, 2.05) is 24.0 Å². The molecule has 2 N–H and O–H groups in total. The number of rotatable bonds is 8. The van der Waals surface area contributed by atoms with Gasteiger partial charge in [-0.2, -0.15) is 5.10 Å². The van der Waals surface area contributed by atoms with Crippen molar-refractivity contribution in [2.24, 2.45) is 12.0 Å². The van der Waals surface area contributed by atoms with Crippen molar-refractivity contribution in [2.45, 2.75) is 46.4 Å². The molecule has 0 saturated heterocycles. The Labute approximate surface area is 157 Å². The molecule has 0 unspecified atom stereocenters. The van der Waals surface area contributed by atoms with Crippen LogP contribution in [0, 0.1) is 0 Å². The second kappa shape index (κ2) is 9.97. The van der Waals surface area contributed by atoms with Crippen LogP contribution in [0.2, 0.25) is 0 Å². The normalized spacial score (nSPS) is 12.0. The highest BCUT2D eigenvalue weighted by Gasteiger charge is 2.08. The molecule has 1 heterocycles. The minimum atomic E-state index is 0.518. The molecule has 0 amide bonds. The second-order valence-electron chi connectivity index (χ2n) is 6.77. The van der Waals surface area contributed by atoms with Crippen molar-refractivity contribution < 1.29 is 0 Å². The molecule has 0 fully saturated rings. The lowest BCUT2D eigenvalue weighted by Gasteiger charge is -2.22. The van der Waals surface area contributed by atoms with Crippen LogP contribution in [0.15, 0.2) is 41.5 Å². The third-order valence-corrected chi connectivity index (χ3v) is 4.53. The molecule has 142 valence electrons. The van der Waals surface area contributed by atoms with Crippen LogP contribution < -0.4 is 10.6 Å². The Morgan fingerprint density at radius 1 is 1.19 bits per heavy atom. The van der Waals surface area contributed by atoms with Crippen molar-refractivity contribution in [1.29, 1.82) is 0 Å². The molecule has 0 aliphatic carbocycles. The molecular formula is C20H32N6. The average Bonchev–Trinajstić information content (AvgIpc) is 3.03. The Hall–Kier alpha value is -2.34. The zero-order valence-corrected chi connectivity index (χ0v) is 16.7. The van der Waals surface area contributed by atoms with Crippen molar-refractivity contribution in [1.82, 2.24) is 25.3 Å². The Morgan fingerprint density at radius 3 is 2.54 bits per heavy atom. The summed E-state index contributed by atoms with van der Waals surface area (Å²) < 4.78 is 1.87.